The predicted molar refractivity (Wildman–Crippen MR) is 94.3 cm³/mol. The van der Waals surface area contributed by atoms with Crippen molar-refractivity contribution in [1.29, 1.82) is 0 Å². The standard InChI is InChI=1S/C16H21N3O3S.ClH/c1-12(17)13-7-10-19(11-8-13)23(20,21)16-5-3-2-4-14(16)15-6-9-18-22-15;/h2-6,9,12-13H,7-8,10-11,17H2,1H3;1H. The van der Waals surface area contributed by atoms with E-state index in [1.807, 2.05) is 6.92 Å². The van der Waals surface area contributed by atoms with Gasteiger partial charge in [-0.1, -0.05) is 17.3 Å². The largest absolute Gasteiger partial charge is 0.356 e. The fourth-order valence-electron chi connectivity index (χ4n) is 3.03. The molecule has 1 unspecified atom stereocenters. The van der Waals surface area contributed by atoms with Crippen LogP contribution in [0.5, 0.6) is 0 Å². The molecule has 1 aromatic heterocycles. The zero-order valence-corrected chi connectivity index (χ0v) is 15.1. The maximum atomic E-state index is 13.0. The highest BCUT2D eigenvalue weighted by Crippen LogP contribution is 2.31. The van der Waals surface area contributed by atoms with Crippen molar-refractivity contribution in [1.82, 2.24) is 9.46 Å². The third-order valence-corrected chi connectivity index (χ3v) is 6.41. The highest BCUT2D eigenvalue weighted by atomic mass is 35.5. The van der Waals surface area contributed by atoms with E-state index in [0.717, 1.165) is 12.8 Å². The van der Waals surface area contributed by atoms with Crippen LogP contribution in [0.15, 0.2) is 45.9 Å². The summed E-state index contributed by atoms with van der Waals surface area (Å²) in [5, 5.41) is 3.67. The number of piperidine rings is 1. The summed E-state index contributed by atoms with van der Waals surface area (Å²) >= 11 is 0. The average molecular weight is 372 g/mol. The Morgan fingerprint density at radius 2 is 1.92 bits per heavy atom. The van der Waals surface area contributed by atoms with E-state index in [-0.39, 0.29) is 23.3 Å². The molecule has 2 N–H and O–H groups in total. The minimum Gasteiger partial charge on any atom is -0.356 e. The van der Waals surface area contributed by atoms with E-state index >= 15 is 0 Å². The van der Waals surface area contributed by atoms with Crippen molar-refractivity contribution < 1.29 is 12.9 Å². The highest BCUT2D eigenvalue weighted by Gasteiger charge is 2.32. The van der Waals surface area contributed by atoms with Gasteiger partial charge in [-0.15, -0.1) is 12.4 Å². The normalized spacial score (nSPS) is 18.1. The number of halogens is 1. The second-order valence-corrected chi connectivity index (χ2v) is 7.88. The Hall–Kier alpha value is -1.41. The van der Waals surface area contributed by atoms with Crippen LogP contribution < -0.4 is 5.73 Å². The number of aromatic nitrogens is 1. The van der Waals surface area contributed by atoms with Gasteiger partial charge < -0.3 is 10.3 Å². The zero-order valence-electron chi connectivity index (χ0n) is 13.5. The van der Waals surface area contributed by atoms with Crippen LogP contribution in [0.25, 0.3) is 11.3 Å². The molecule has 2 heterocycles. The molecule has 2 aromatic rings. The van der Waals surface area contributed by atoms with E-state index in [1.165, 1.54) is 6.20 Å². The van der Waals surface area contributed by atoms with Gasteiger partial charge in [0.1, 0.15) is 0 Å². The van der Waals surface area contributed by atoms with Crippen LogP contribution in [0.1, 0.15) is 19.8 Å². The molecule has 1 aromatic carbocycles. The number of benzene rings is 1. The van der Waals surface area contributed by atoms with Crippen molar-refractivity contribution in [2.45, 2.75) is 30.7 Å². The second-order valence-electron chi connectivity index (χ2n) is 5.97. The molecule has 132 valence electrons. The SMILES string of the molecule is CC(N)C1CCN(S(=O)(=O)c2ccccc2-c2ccno2)CC1.Cl. The smallest absolute Gasteiger partial charge is 0.243 e. The number of rotatable bonds is 4. The Morgan fingerprint density at radius 3 is 2.50 bits per heavy atom. The molecule has 24 heavy (non-hydrogen) atoms. The first-order chi connectivity index (χ1) is 11.0. The molecule has 6 nitrogen and oxygen atoms in total. The van der Waals surface area contributed by atoms with Gasteiger partial charge in [-0.25, -0.2) is 8.42 Å². The van der Waals surface area contributed by atoms with Crippen molar-refractivity contribution in [2.75, 3.05) is 13.1 Å². The molecule has 0 spiro atoms. The Kier molecular flexibility index (Phi) is 6.03. The fraction of sp³-hybridized carbons (Fsp3) is 0.438. The maximum Gasteiger partial charge on any atom is 0.243 e. The van der Waals surface area contributed by atoms with Crippen LogP contribution in [0.2, 0.25) is 0 Å². The molecule has 0 bridgehead atoms. The van der Waals surface area contributed by atoms with Gasteiger partial charge in [0.05, 0.1) is 11.1 Å². The number of nitrogens with two attached hydrogens (primary N) is 1. The van der Waals surface area contributed by atoms with Gasteiger partial charge in [-0.05, 0) is 37.8 Å². The third kappa shape index (κ3) is 3.64. The zero-order chi connectivity index (χ0) is 16.4. The van der Waals surface area contributed by atoms with Gasteiger partial charge in [0.2, 0.25) is 10.0 Å². The summed E-state index contributed by atoms with van der Waals surface area (Å²) in [6.45, 7) is 2.98. The summed E-state index contributed by atoms with van der Waals surface area (Å²) < 4.78 is 32.7. The molecule has 1 aliphatic rings. The first kappa shape index (κ1) is 18.9. The molecular weight excluding hydrogens is 350 g/mol. The van der Waals surface area contributed by atoms with Gasteiger partial charge in [0.25, 0.3) is 0 Å². The molecule has 0 saturated carbocycles. The van der Waals surface area contributed by atoms with Crippen molar-refractivity contribution in [3.63, 3.8) is 0 Å². The second kappa shape index (κ2) is 7.65. The van der Waals surface area contributed by atoms with Crippen molar-refractivity contribution >= 4 is 22.4 Å². The molecule has 1 aliphatic heterocycles. The first-order valence-electron chi connectivity index (χ1n) is 7.76. The number of sulfonamides is 1. The van der Waals surface area contributed by atoms with E-state index in [1.54, 1.807) is 34.6 Å². The van der Waals surface area contributed by atoms with E-state index in [9.17, 15) is 8.42 Å². The van der Waals surface area contributed by atoms with Gasteiger partial charge in [-0.3, -0.25) is 0 Å². The topological polar surface area (TPSA) is 89.4 Å². The van der Waals surface area contributed by atoms with Crippen LogP contribution in [-0.2, 0) is 10.0 Å². The molecule has 1 saturated heterocycles. The molecule has 8 heteroatoms. The molecular formula is C16H22ClN3O3S. The average Bonchev–Trinajstić information content (AvgIpc) is 3.09. The van der Waals surface area contributed by atoms with Crippen molar-refractivity contribution in [3.8, 4) is 11.3 Å². The van der Waals surface area contributed by atoms with E-state index in [2.05, 4.69) is 5.16 Å². The molecule has 1 atom stereocenters. The summed E-state index contributed by atoms with van der Waals surface area (Å²) in [6, 6.07) is 8.63. The molecule has 3 rings (SSSR count). The molecule has 0 amide bonds. The summed E-state index contributed by atoms with van der Waals surface area (Å²) in [6.07, 6.45) is 3.09. The summed E-state index contributed by atoms with van der Waals surface area (Å²) in [7, 11) is -3.56. The molecule has 0 radical (unpaired) electrons. The lowest BCUT2D eigenvalue weighted by Gasteiger charge is -2.33. The monoisotopic (exact) mass is 371 g/mol. The van der Waals surface area contributed by atoms with Crippen LogP contribution >= 0.6 is 12.4 Å². The van der Waals surface area contributed by atoms with Gasteiger partial charge >= 0.3 is 0 Å². The molecule has 1 fully saturated rings. The van der Waals surface area contributed by atoms with Crippen LogP contribution in [0.4, 0.5) is 0 Å². The minimum atomic E-state index is -3.56. The third-order valence-electron chi connectivity index (χ3n) is 4.45. The highest BCUT2D eigenvalue weighted by molar-refractivity contribution is 7.89. The predicted octanol–water partition coefficient (Wildman–Crippen LogP) is 2.51. The Morgan fingerprint density at radius 1 is 1.25 bits per heavy atom. The fourth-order valence-corrected chi connectivity index (χ4v) is 4.70. The van der Waals surface area contributed by atoms with Crippen molar-refractivity contribution in [3.05, 3.63) is 36.5 Å². The summed E-state index contributed by atoms with van der Waals surface area (Å²) in [5.74, 6) is 0.834. The quantitative estimate of drug-likeness (QED) is 0.891. The number of hydrogen-bond donors (Lipinski definition) is 1. The summed E-state index contributed by atoms with van der Waals surface area (Å²) in [5.41, 5.74) is 6.47. The van der Waals surface area contributed by atoms with E-state index in [0.29, 0.717) is 30.3 Å². The van der Waals surface area contributed by atoms with Gasteiger partial charge in [-0.2, -0.15) is 4.31 Å². The summed E-state index contributed by atoms with van der Waals surface area (Å²) in [4.78, 5) is 0.260. The lowest BCUT2D eigenvalue weighted by molar-refractivity contribution is 0.251. The maximum absolute atomic E-state index is 13.0. The molecule has 0 aliphatic carbocycles. The van der Waals surface area contributed by atoms with Crippen molar-refractivity contribution in [2.24, 2.45) is 11.7 Å². The lowest BCUT2D eigenvalue weighted by atomic mass is 9.92. The van der Waals surface area contributed by atoms with Crippen LogP contribution in [-0.4, -0.2) is 37.0 Å². The number of hydrogen-bond acceptors (Lipinski definition) is 5. The number of nitrogens with zero attached hydrogens (tertiary/aromatic N) is 2. The lowest BCUT2D eigenvalue weighted by Crippen LogP contribution is -2.42. The van der Waals surface area contributed by atoms with Gasteiger partial charge in [0.15, 0.2) is 5.76 Å². The Bertz CT molecular complexity index is 755. The minimum absolute atomic E-state index is 0. The van der Waals surface area contributed by atoms with Crippen LogP contribution in [0, 0.1) is 5.92 Å². The van der Waals surface area contributed by atoms with Gasteiger partial charge in [0, 0.05) is 30.8 Å². The van der Waals surface area contributed by atoms with E-state index in [4.69, 9.17) is 10.3 Å². The van der Waals surface area contributed by atoms with E-state index < -0.39 is 10.0 Å². The van der Waals surface area contributed by atoms with Crippen LogP contribution in [0.3, 0.4) is 0 Å². The Labute approximate surface area is 148 Å². The first-order valence-corrected chi connectivity index (χ1v) is 9.20. The Balaban J connectivity index is 0.00000208.